The standard InChI is InChI=1S/C22H20N2O4/c23-21(26)19(13-20(25)28-14-15-7-2-1-3-8-15)24-22(27)18-12-6-10-16-9-4-5-11-17(16)18/h1-12,19H,13-14H2,(H2,23,26)(H,24,27)/t19-/m1/s1. The molecule has 6 nitrogen and oxygen atoms in total. The number of nitrogens with two attached hydrogens (primary N) is 1. The van der Waals surface area contributed by atoms with E-state index in [9.17, 15) is 14.4 Å². The van der Waals surface area contributed by atoms with Crippen molar-refractivity contribution in [1.82, 2.24) is 5.32 Å². The van der Waals surface area contributed by atoms with Crippen LogP contribution >= 0.6 is 0 Å². The second-order valence-electron chi connectivity index (χ2n) is 6.31. The molecule has 0 heterocycles. The number of carbonyl (C=O) groups excluding carboxylic acids is 3. The minimum atomic E-state index is -1.16. The molecule has 28 heavy (non-hydrogen) atoms. The number of primary amides is 1. The second kappa shape index (κ2) is 8.81. The molecule has 0 radical (unpaired) electrons. The average molecular weight is 376 g/mol. The molecule has 0 aliphatic rings. The summed E-state index contributed by atoms with van der Waals surface area (Å²) in [4.78, 5) is 36.5. The highest BCUT2D eigenvalue weighted by Crippen LogP contribution is 2.18. The van der Waals surface area contributed by atoms with Gasteiger partial charge in [-0.05, 0) is 22.4 Å². The van der Waals surface area contributed by atoms with Gasteiger partial charge in [0.25, 0.3) is 5.91 Å². The molecule has 6 heteroatoms. The number of esters is 1. The molecule has 0 bridgehead atoms. The minimum absolute atomic E-state index is 0.0857. The van der Waals surface area contributed by atoms with Crippen LogP contribution in [0.1, 0.15) is 22.3 Å². The summed E-state index contributed by atoms with van der Waals surface area (Å²) >= 11 is 0. The van der Waals surface area contributed by atoms with Gasteiger partial charge in [0.2, 0.25) is 5.91 Å². The van der Waals surface area contributed by atoms with Gasteiger partial charge < -0.3 is 15.8 Å². The number of hydrogen-bond acceptors (Lipinski definition) is 4. The molecule has 3 rings (SSSR count). The average Bonchev–Trinajstić information content (AvgIpc) is 2.72. The van der Waals surface area contributed by atoms with Crippen molar-refractivity contribution in [3.63, 3.8) is 0 Å². The van der Waals surface area contributed by atoms with Crippen LogP contribution in [0, 0.1) is 0 Å². The maximum absolute atomic E-state index is 12.7. The summed E-state index contributed by atoms with van der Waals surface area (Å²) in [6, 6.07) is 20.7. The zero-order valence-corrected chi connectivity index (χ0v) is 15.1. The van der Waals surface area contributed by atoms with Crippen LogP contribution in [0.5, 0.6) is 0 Å². The van der Waals surface area contributed by atoms with Gasteiger partial charge in [-0.15, -0.1) is 0 Å². The van der Waals surface area contributed by atoms with Crippen LogP contribution < -0.4 is 11.1 Å². The first-order valence-electron chi connectivity index (χ1n) is 8.82. The Morgan fingerprint density at radius 2 is 1.57 bits per heavy atom. The number of rotatable bonds is 7. The third-order valence-electron chi connectivity index (χ3n) is 4.30. The summed E-state index contributed by atoms with van der Waals surface area (Å²) in [6.07, 6.45) is -0.335. The Morgan fingerprint density at radius 3 is 2.32 bits per heavy atom. The van der Waals surface area contributed by atoms with Crippen LogP contribution in [0.4, 0.5) is 0 Å². The van der Waals surface area contributed by atoms with Crippen molar-refractivity contribution in [3.05, 3.63) is 83.9 Å². The van der Waals surface area contributed by atoms with Crippen molar-refractivity contribution in [1.29, 1.82) is 0 Å². The van der Waals surface area contributed by atoms with Gasteiger partial charge in [-0.3, -0.25) is 14.4 Å². The Hall–Kier alpha value is -3.67. The van der Waals surface area contributed by atoms with Crippen molar-refractivity contribution in [3.8, 4) is 0 Å². The Balaban J connectivity index is 1.66. The van der Waals surface area contributed by atoms with Crippen LogP contribution in [0.25, 0.3) is 10.8 Å². The lowest BCUT2D eigenvalue weighted by atomic mass is 10.0. The maximum Gasteiger partial charge on any atom is 0.308 e. The molecule has 0 unspecified atom stereocenters. The van der Waals surface area contributed by atoms with Crippen molar-refractivity contribution in [2.75, 3.05) is 0 Å². The predicted octanol–water partition coefficient (Wildman–Crippen LogP) is 2.56. The maximum atomic E-state index is 12.7. The SMILES string of the molecule is NC(=O)[C@@H](CC(=O)OCc1ccccc1)NC(=O)c1cccc2ccccc12. The van der Waals surface area contributed by atoms with Gasteiger partial charge in [-0.25, -0.2) is 0 Å². The van der Waals surface area contributed by atoms with E-state index < -0.39 is 23.8 Å². The monoisotopic (exact) mass is 376 g/mol. The Bertz CT molecular complexity index is 996. The number of hydrogen-bond donors (Lipinski definition) is 2. The largest absolute Gasteiger partial charge is 0.461 e. The van der Waals surface area contributed by atoms with Crippen LogP contribution in [-0.4, -0.2) is 23.8 Å². The molecule has 142 valence electrons. The highest BCUT2D eigenvalue weighted by atomic mass is 16.5. The van der Waals surface area contributed by atoms with Crippen molar-refractivity contribution in [2.45, 2.75) is 19.1 Å². The molecule has 0 saturated heterocycles. The van der Waals surface area contributed by atoms with E-state index in [1.807, 2.05) is 60.7 Å². The highest BCUT2D eigenvalue weighted by Gasteiger charge is 2.23. The molecule has 2 amide bonds. The molecule has 0 aliphatic carbocycles. The first-order valence-corrected chi connectivity index (χ1v) is 8.82. The van der Waals surface area contributed by atoms with Crippen LogP contribution in [0.15, 0.2) is 72.8 Å². The highest BCUT2D eigenvalue weighted by molar-refractivity contribution is 6.08. The smallest absolute Gasteiger partial charge is 0.308 e. The van der Waals surface area contributed by atoms with Crippen LogP contribution in [0.3, 0.4) is 0 Å². The van der Waals surface area contributed by atoms with Gasteiger partial charge in [-0.1, -0.05) is 66.7 Å². The zero-order chi connectivity index (χ0) is 19.9. The number of fused-ring (bicyclic) bond motifs is 1. The fourth-order valence-electron chi connectivity index (χ4n) is 2.85. The molecule has 0 spiro atoms. The molecule has 0 aromatic heterocycles. The second-order valence-corrected chi connectivity index (χ2v) is 6.31. The Kier molecular flexibility index (Phi) is 6.01. The first-order chi connectivity index (χ1) is 13.5. The van der Waals surface area contributed by atoms with E-state index in [1.54, 1.807) is 12.1 Å². The summed E-state index contributed by atoms with van der Waals surface area (Å²) in [5, 5.41) is 4.18. The quantitative estimate of drug-likeness (QED) is 0.619. The van der Waals surface area contributed by atoms with Crippen molar-refractivity contribution >= 4 is 28.6 Å². The number of carbonyl (C=O) groups is 3. The minimum Gasteiger partial charge on any atom is -0.461 e. The third-order valence-corrected chi connectivity index (χ3v) is 4.30. The lowest BCUT2D eigenvalue weighted by Crippen LogP contribution is -2.46. The van der Waals surface area contributed by atoms with E-state index in [2.05, 4.69) is 5.32 Å². The summed E-state index contributed by atoms with van der Waals surface area (Å²) in [6.45, 7) is 0.0857. The molecule has 3 N–H and O–H groups in total. The normalized spacial score (nSPS) is 11.6. The van der Waals surface area contributed by atoms with Crippen LogP contribution in [-0.2, 0) is 20.9 Å². The van der Waals surface area contributed by atoms with Gasteiger partial charge in [0.1, 0.15) is 12.6 Å². The van der Waals surface area contributed by atoms with Crippen LogP contribution in [0.2, 0.25) is 0 Å². The van der Waals surface area contributed by atoms with Gasteiger partial charge in [-0.2, -0.15) is 0 Å². The Labute approximate surface area is 162 Å². The van der Waals surface area contributed by atoms with E-state index in [1.165, 1.54) is 0 Å². The topological polar surface area (TPSA) is 98.5 Å². The van der Waals surface area contributed by atoms with Crippen molar-refractivity contribution < 1.29 is 19.1 Å². The number of ether oxygens (including phenoxy) is 1. The van der Waals surface area contributed by atoms with E-state index in [0.717, 1.165) is 16.3 Å². The van der Waals surface area contributed by atoms with Gasteiger partial charge >= 0.3 is 5.97 Å². The molecular formula is C22H20N2O4. The number of nitrogens with one attached hydrogen (secondary N) is 1. The fourth-order valence-corrected chi connectivity index (χ4v) is 2.85. The molecule has 0 aliphatic heterocycles. The summed E-state index contributed by atoms with van der Waals surface area (Å²) in [7, 11) is 0. The lowest BCUT2D eigenvalue weighted by Gasteiger charge is -2.16. The lowest BCUT2D eigenvalue weighted by molar-refractivity contribution is -0.146. The van der Waals surface area contributed by atoms with Crippen molar-refractivity contribution in [2.24, 2.45) is 5.73 Å². The molecule has 0 saturated carbocycles. The summed E-state index contributed by atoms with van der Waals surface area (Å²) in [5.41, 5.74) is 6.60. The number of benzene rings is 3. The molecular weight excluding hydrogens is 356 g/mol. The van der Waals surface area contributed by atoms with Gasteiger partial charge in [0.05, 0.1) is 6.42 Å². The van der Waals surface area contributed by atoms with E-state index in [0.29, 0.717) is 5.56 Å². The van der Waals surface area contributed by atoms with E-state index >= 15 is 0 Å². The molecule has 3 aromatic rings. The summed E-state index contributed by atoms with van der Waals surface area (Å²) < 4.78 is 5.17. The van der Waals surface area contributed by atoms with E-state index in [-0.39, 0.29) is 13.0 Å². The fraction of sp³-hybridized carbons (Fsp3) is 0.136. The Morgan fingerprint density at radius 1 is 0.893 bits per heavy atom. The zero-order valence-electron chi connectivity index (χ0n) is 15.1. The molecule has 1 atom stereocenters. The third kappa shape index (κ3) is 4.73. The van der Waals surface area contributed by atoms with Gasteiger partial charge in [0.15, 0.2) is 0 Å². The summed E-state index contributed by atoms with van der Waals surface area (Å²) in [5.74, 6) is -1.90. The first kappa shape index (κ1) is 19.1. The van der Waals surface area contributed by atoms with Gasteiger partial charge in [0, 0.05) is 5.56 Å². The molecule has 0 fully saturated rings. The molecule has 3 aromatic carbocycles. The number of amides is 2. The van der Waals surface area contributed by atoms with E-state index in [4.69, 9.17) is 10.5 Å². The predicted molar refractivity (Wildman–Crippen MR) is 105 cm³/mol.